The number of hydrazine groups is 1. The van der Waals surface area contributed by atoms with E-state index < -0.39 is 11.8 Å². The first-order valence-corrected chi connectivity index (χ1v) is 7.33. The highest BCUT2D eigenvalue weighted by Crippen LogP contribution is 2.18. The number of carbonyl (C=O) groups excluding carboxylic acids is 2. The molecule has 0 atom stereocenters. The fourth-order valence-electron chi connectivity index (χ4n) is 1.91. The van der Waals surface area contributed by atoms with E-state index in [2.05, 4.69) is 10.9 Å². The summed E-state index contributed by atoms with van der Waals surface area (Å²) in [6.07, 6.45) is 5.94. The molecule has 5 heteroatoms. The Morgan fingerprint density at radius 2 is 1.42 bits per heavy atom. The van der Waals surface area contributed by atoms with Crippen molar-refractivity contribution < 1.29 is 14.3 Å². The normalized spacial score (nSPS) is 10.7. The quantitative estimate of drug-likeness (QED) is 0.657. The third kappa shape index (κ3) is 5.46. The van der Waals surface area contributed by atoms with Gasteiger partial charge in [-0.2, -0.15) is 0 Å². The van der Waals surface area contributed by atoms with Crippen molar-refractivity contribution in [3.63, 3.8) is 0 Å². The summed E-state index contributed by atoms with van der Waals surface area (Å²) >= 11 is 0. The molecule has 0 radical (unpaired) electrons. The SMILES string of the molecule is COc1ccccc1/C=C/C(=O)NNC(=O)C=Cc1ccccc1. The van der Waals surface area contributed by atoms with Crippen LogP contribution in [0.1, 0.15) is 11.1 Å². The lowest BCUT2D eigenvalue weighted by atomic mass is 10.2. The summed E-state index contributed by atoms with van der Waals surface area (Å²) in [5.41, 5.74) is 6.29. The first-order valence-electron chi connectivity index (χ1n) is 7.33. The predicted octanol–water partition coefficient (Wildman–Crippen LogP) is 2.57. The number of hydrogen-bond acceptors (Lipinski definition) is 3. The topological polar surface area (TPSA) is 67.4 Å². The molecular weight excluding hydrogens is 304 g/mol. The van der Waals surface area contributed by atoms with Crippen molar-refractivity contribution >= 4 is 24.0 Å². The summed E-state index contributed by atoms with van der Waals surface area (Å²) in [5, 5.41) is 0. The van der Waals surface area contributed by atoms with Gasteiger partial charge in [0.1, 0.15) is 5.75 Å². The number of nitrogens with one attached hydrogen (secondary N) is 2. The smallest absolute Gasteiger partial charge is 0.262 e. The van der Waals surface area contributed by atoms with Gasteiger partial charge in [-0.25, -0.2) is 0 Å². The monoisotopic (exact) mass is 322 g/mol. The second-order valence-electron chi connectivity index (χ2n) is 4.80. The van der Waals surface area contributed by atoms with Gasteiger partial charge in [0.25, 0.3) is 11.8 Å². The van der Waals surface area contributed by atoms with E-state index in [0.29, 0.717) is 5.75 Å². The molecule has 0 aliphatic carbocycles. The van der Waals surface area contributed by atoms with Crippen LogP contribution in [0, 0.1) is 0 Å². The van der Waals surface area contributed by atoms with Crippen LogP contribution < -0.4 is 15.6 Å². The van der Waals surface area contributed by atoms with Crippen LogP contribution in [0.15, 0.2) is 66.7 Å². The van der Waals surface area contributed by atoms with Crippen molar-refractivity contribution in [2.45, 2.75) is 0 Å². The Morgan fingerprint density at radius 3 is 2.08 bits per heavy atom. The van der Waals surface area contributed by atoms with Gasteiger partial charge in [0.05, 0.1) is 7.11 Å². The summed E-state index contributed by atoms with van der Waals surface area (Å²) < 4.78 is 5.19. The van der Waals surface area contributed by atoms with E-state index in [-0.39, 0.29) is 0 Å². The maximum Gasteiger partial charge on any atom is 0.262 e. The minimum Gasteiger partial charge on any atom is -0.496 e. The van der Waals surface area contributed by atoms with Gasteiger partial charge in [-0.3, -0.25) is 20.4 Å². The van der Waals surface area contributed by atoms with Crippen LogP contribution in [-0.4, -0.2) is 18.9 Å². The molecule has 2 rings (SSSR count). The van der Waals surface area contributed by atoms with Crippen molar-refractivity contribution in [1.82, 2.24) is 10.9 Å². The van der Waals surface area contributed by atoms with Crippen LogP contribution in [0.25, 0.3) is 12.2 Å². The number of carbonyl (C=O) groups is 2. The minimum atomic E-state index is -0.442. The van der Waals surface area contributed by atoms with E-state index >= 15 is 0 Å². The van der Waals surface area contributed by atoms with Crippen molar-refractivity contribution in [3.8, 4) is 5.75 Å². The summed E-state index contributed by atoms with van der Waals surface area (Å²) in [7, 11) is 1.56. The van der Waals surface area contributed by atoms with Gasteiger partial charge in [0, 0.05) is 17.7 Å². The molecule has 0 saturated heterocycles. The third-order valence-corrected chi connectivity index (χ3v) is 3.09. The van der Waals surface area contributed by atoms with Gasteiger partial charge in [0.15, 0.2) is 0 Å². The molecule has 122 valence electrons. The molecule has 2 aromatic carbocycles. The Morgan fingerprint density at radius 1 is 0.833 bits per heavy atom. The first-order chi connectivity index (χ1) is 11.7. The molecule has 0 saturated carbocycles. The Bertz CT molecular complexity index is 752. The zero-order valence-corrected chi connectivity index (χ0v) is 13.2. The minimum absolute atomic E-state index is 0.419. The Labute approximate surface area is 140 Å². The van der Waals surface area contributed by atoms with Crippen LogP contribution in [0.2, 0.25) is 0 Å². The number of benzene rings is 2. The molecule has 2 aromatic rings. The Hall–Kier alpha value is -3.34. The van der Waals surface area contributed by atoms with Gasteiger partial charge in [0.2, 0.25) is 0 Å². The lowest BCUT2D eigenvalue weighted by Gasteiger charge is -2.04. The van der Waals surface area contributed by atoms with Gasteiger partial charge in [-0.05, 0) is 23.8 Å². The summed E-state index contributed by atoms with van der Waals surface area (Å²) in [6, 6.07) is 16.7. The van der Waals surface area contributed by atoms with Crippen molar-refractivity contribution in [2.24, 2.45) is 0 Å². The van der Waals surface area contributed by atoms with E-state index in [9.17, 15) is 9.59 Å². The average molecular weight is 322 g/mol. The number of hydrogen-bond donors (Lipinski definition) is 2. The van der Waals surface area contributed by atoms with E-state index in [1.165, 1.54) is 12.2 Å². The summed E-state index contributed by atoms with van der Waals surface area (Å²) in [6.45, 7) is 0. The fourth-order valence-corrected chi connectivity index (χ4v) is 1.91. The second-order valence-corrected chi connectivity index (χ2v) is 4.80. The fraction of sp³-hybridized carbons (Fsp3) is 0.0526. The highest BCUT2D eigenvalue weighted by Gasteiger charge is 2.00. The lowest BCUT2D eigenvalue weighted by molar-refractivity contribution is -0.123. The molecule has 0 spiro atoms. The van der Waals surface area contributed by atoms with Crippen LogP contribution in [0.3, 0.4) is 0 Å². The highest BCUT2D eigenvalue weighted by atomic mass is 16.5. The van der Waals surface area contributed by atoms with Gasteiger partial charge in [-0.1, -0.05) is 48.5 Å². The van der Waals surface area contributed by atoms with Crippen molar-refractivity contribution in [1.29, 1.82) is 0 Å². The molecule has 5 nitrogen and oxygen atoms in total. The first kappa shape index (κ1) is 17.0. The molecule has 0 unspecified atom stereocenters. The van der Waals surface area contributed by atoms with E-state index in [1.807, 2.05) is 48.5 Å². The molecule has 0 aromatic heterocycles. The molecule has 2 N–H and O–H groups in total. The highest BCUT2D eigenvalue weighted by molar-refractivity contribution is 5.96. The molecule has 0 heterocycles. The van der Waals surface area contributed by atoms with Crippen molar-refractivity contribution in [3.05, 3.63) is 77.9 Å². The number of rotatable bonds is 5. The maximum absolute atomic E-state index is 11.7. The molecule has 0 bridgehead atoms. The number of amides is 2. The lowest BCUT2D eigenvalue weighted by Crippen LogP contribution is -2.39. The number of ether oxygens (including phenoxy) is 1. The van der Waals surface area contributed by atoms with Gasteiger partial charge in [-0.15, -0.1) is 0 Å². The standard InChI is InChI=1S/C19H18N2O3/c1-24-17-10-6-5-9-16(17)12-14-19(23)21-20-18(22)13-11-15-7-3-2-4-8-15/h2-14H,1H3,(H,20,22)(H,21,23)/b13-11?,14-12+. The van der Waals surface area contributed by atoms with Crippen LogP contribution in [0.4, 0.5) is 0 Å². The van der Waals surface area contributed by atoms with Crippen LogP contribution in [-0.2, 0) is 9.59 Å². The van der Waals surface area contributed by atoms with Crippen LogP contribution >= 0.6 is 0 Å². The molecule has 0 fully saturated rings. The molecule has 0 aliphatic heterocycles. The predicted molar refractivity (Wildman–Crippen MR) is 93.8 cm³/mol. The Balaban J connectivity index is 1.83. The summed E-state index contributed by atoms with van der Waals surface area (Å²) in [4.78, 5) is 23.4. The van der Waals surface area contributed by atoms with E-state index in [0.717, 1.165) is 11.1 Å². The average Bonchev–Trinajstić information content (AvgIpc) is 2.64. The summed E-state index contributed by atoms with van der Waals surface area (Å²) in [5.74, 6) is -0.198. The molecule has 24 heavy (non-hydrogen) atoms. The molecular formula is C19H18N2O3. The number of para-hydroxylation sites is 1. The third-order valence-electron chi connectivity index (χ3n) is 3.09. The van der Waals surface area contributed by atoms with Gasteiger partial charge < -0.3 is 4.74 Å². The van der Waals surface area contributed by atoms with Crippen molar-refractivity contribution in [2.75, 3.05) is 7.11 Å². The molecule has 0 aliphatic rings. The maximum atomic E-state index is 11.7. The molecule has 2 amide bonds. The van der Waals surface area contributed by atoms with E-state index in [4.69, 9.17) is 4.74 Å². The largest absolute Gasteiger partial charge is 0.496 e. The zero-order chi connectivity index (χ0) is 17.2. The Kier molecular flexibility index (Phi) is 6.35. The second kappa shape index (κ2) is 8.95. The van der Waals surface area contributed by atoms with Gasteiger partial charge >= 0.3 is 0 Å². The zero-order valence-electron chi connectivity index (χ0n) is 13.2. The number of methoxy groups -OCH3 is 1. The van der Waals surface area contributed by atoms with E-state index in [1.54, 1.807) is 25.3 Å². The van der Waals surface area contributed by atoms with Crippen LogP contribution in [0.5, 0.6) is 5.75 Å².